The van der Waals surface area contributed by atoms with E-state index in [0.29, 0.717) is 119 Å². The molecule has 24 nitrogen and oxygen atoms in total. The summed E-state index contributed by atoms with van der Waals surface area (Å²) in [6, 6.07) is 6.79. The fourth-order valence-corrected chi connectivity index (χ4v) is 21.0. The molecule has 0 radical (unpaired) electrons. The Morgan fingerprint density at radius 3 is 0.716 bits per heavy atom. The van der Waals surface area contributed by atoms with Crippen LogP contribution >= 0.6 is 0 Å². The van der Waals surface area contributed by atoms with Gasteiger partial charge in [0, 0.05) is 156 Å². The van der Waals surface area contributed by atoms with Gasteiger partial charge in [0.2, 0.25) is 0 Å². The lowest BCUT2D eigenvalue weighted by Gasteiger charge is -2.47. The van der Waals surface area contributed by atoms with E-state index in [1.165, 1.54) is 93.9 Å². The first kappa shape index (κ1) is 56.0. The number of hydrogen-bond donors (Lipinski definition) is 6. The van der Waals surface area contributed by atoms with E-state index in [1.54, 1.807) is 32.9 Å². The number of nitrogens with zero attached hydrogens (tertiary/aromatic N) is 6. The Morgan fingerprint density at radius 2 is 0.496 bits per heavy atom. The minimum absolute atomic E-state index is 0.00448. The number of rotatable bonds is 21. The fourth-order valence-electron chi connectivity index (χ4n) is 21.0. The predicted octanol–water partition coefficient (Wildman–Crippen LogP) is 19.3. The maximum atomic E-state index is 11.1. The van der Waals surface area contributed by atoms with Gasteiger partial charge in [0.1, 0.15) is 0 Å². The van der Waals surface area contributed by atoms with E-state index in [1.807, 2.05) is 32.6 Å². The summed E-state index contributed by atoms with van der Waals surface area (Å²) in [5, 5.41) is 66.1. The number of piperidine rings is 6. The highest BCUT2D eigenvalue weighted by molar-refractivity contribution is 5.55. The van der Waals surface area contributed by atoms with Crippen molar-refractivity contribution in [3.05, 3.63) is 140 Å². The molecule has 6 aromatic carbocycles. The van der Waals surface area contributed by atoms with Crippen molar-refractivity contribution in [2.75, 3.05) is 163 Å². The van der Waals surface area contributed by atoms with Crippen LogP contribution in [0.15, 0.2) is 72.8 Å². The normalized spacial score (nSPS) is 41.0. The van der Waals surface area contributed by atoms with Gasteiger partial charge in [-0.15, -0.1) is 0 Å². The predicted molar refractivity (Wildman–Crippen MR) is 561 cm³/mol. The molecule has 0 aromatic heterocycles. The molecule has 18 rings (SSSR count). The Kier molecular flexibility index (Phi) is 19.2. The summed E-state index contributed by atoms with van der Waals surface area (Å²) in [7, 11) is -12.8. The molecule has 24 heteroatoms. The van der Waals surface area contributed by atoms with Crippen LogP contribution in [0.2, 0.25) is 0 Å². The molecule has 18 atom stereocenters. The molecule has 6 fully saturated rings. The van der Waals surface area contributed by atoms with Crippen LogP contribution in [0.1, 0.15) is 364 Å². The lowest BCUT2D eigenvalue weighted by atomic mass is 9.75. The van der Waals surface area contributed by atoms with E-state index in [9.17, 15) is 36.1 Å². The first-order valence-corrected chi connectivity index (χ1v) is 47.7. The zero-order valence-electron chi connectivity index (χ0n) is 142. The summed E-state index contributed by atoms with van der Waals surface area (Å²) in [6.07, 6.45) is -22.7. The summed E-state index contributed by atoms with van der Waals surface area (Å²) < 4.78 is 535. The SMILES string of the molecule is [2H]C([2H])([2H])Oc1cc2c(cc1OC([2H])([2H])[2H])C1([2H])CC(O)C(C([2H])([2H])C(C)(C([2H])([2H])[2H])C([2H])([2H])[2H])CN1CC2.[2H]C([2H])([2H])Oc1cc2c(cc1OC([2H])([2H])[2H])C1([2H])CC(O)C(CC(C)C)CN1CC2.[2H]C([2H])([2H])Oc1cc2c(cc1OC)C1([2H])CC(O)C(C([2H])([2H])C(C)(C([2H])([2H])[2H])C([2H])([2H])[2H])CN1CC2.[2H]C([2H])([2H])Oc1cc2c(cc1OC)CCN1CC(C([2H])([2H])C(C)(C([2H])([2H])[2H])C([2H])([2H])[2H])C(O)CC21[2H].[2H]C([2H])([2H])Oc1cc2c(cc1OC)CCN1CC([2H])(CC(C)C)C([2H])(O)C([2H])([2H])C21[2H].[2H]C1(CC(C)C)CN2CCc3cc(OC)c(OC)cc3C2([2H])C([2H])([2H])C1([2H])O. The highest BCUT2D eigenvalue weighted by Gasteiger charge is 2.47. The molecule has 0 spiro atoms. The molecular weight excluding hydrogens is 1780 g/mol. The van der Waals surface area contributed by atoms with Crippen LogP contribution in [-0.4, -0.2) is 260 Å². The van der Waals surface area contributed by atoms with Crippen LogP contribution in [-0.2, 0) is 38.5 Å². The zero-order chi connectivity index (χ0) is 153. The van der Waals surface area contributed by atoms with Crippen molar-refractivity contribution in [2.45, 2.75) is 291 Å². The van der Waals surface area contributed by atoms with Gasteiger partial charge in [-0.25, -0.2) is 0 Å². The minimum Gasteiger partial charge on any atom is -0.493 e. The Hall–Kier alpha value is -7.56. The van der Waals surface area contributed by atoms with E-state index in [-0.39, 0.29) is 178 Å². The number of methoxy groups -OCH3 is 12. The van der Waals surface area contributed by atoms with Gasteiger partial charge in [0.05, 0.1) is 161 Å². The third-order valence-electron chi connectivity index (χ3n) is 27.4. The molecule has 18 unspecified atom stereocenters. The van der Waals surface area contributed by atoms with E-state index in [4.69, 9.17) is 132 Å². The molecule has 6 N–H and O–H groups in total. The summed E-state index contributed by atoms with van der Waals surface area (Å²) in [5.41, 5.74) is -2.87. The van der Waals surface area contributed by atoms with Gasteiger partial charge in [-0.3, -0.25) is 29.4 Å². The third-order valence-corrected chi connectivity index (χ3v) is 27.4. The smallest absolute Gasteiger partial charge is 0.161 e. The summed E-state index contributed by atoms with van der Waals surface area (Å²) in [4.78, 5) is 9.70. The van der Waals surface area contributed by atoms with Crippen molar-refractivity contribution < 1.29 is 168 Å². The molecule has 141 heavy (non-hydrogen) atoms. The van der Waals surface area contributed by atoms with Crippen molar-refractivity contribution in [1.29, 1.82) is 0 Å². The number of ether oxygens (including phenoxy) is 12. The summed E-state index contributed by atoms with van der Waals surface area (Å²) in [6.45, 7) is -3.94. The Labute approximate surface area is 929 Å². The highest BCUT2D eigenvalue weighted by atomic mass is 16.5. The lowest BCUT2D eigenvalue weighted by molar-refractivity contribution is -0.0259. The molecular formula is C117H180N6O18. The summed E-state index contributed by atoms with van der Waals surface area (Å²) >= 11 is 0. The van der Waals surface area contributed by atoms with Gasteiger partial charge < -0.3 is 87.5 Å². The Bertz CT molecular complexity index is 7700. The molecule has 0 aliphatic carbocycles. The largest absolute Gasteiger partial charge is 0.493 e. The molecule has 6 aromatic rings. The molecule has 0 bridgehead atoms. The van der Waals surface area contributed by atoms with Gasteiger partial charge in [-0.1, -0.05) is 103 Å². The van der Waals surface area contributed by atoms with Gasteiger partial charge >= 0.3 is 0 Å². The molecule has 0 saturated carbocycles. The second-order valence-electron chi connectivity index (χ2n) is 39.5. The average Bonchev–Trinajstić information content (AvgIpc) is 0.675. The van der Waals surface area contributed by atoms with Crippen LogP contribution in [0.5, 0.6) is 69.0 Å². The van der Waals surface area contributed by atoms with E-state index < -0.39 is 253 Å². The van der Waals surface area contributed by atoms with Crippen molar-refractivity contribution in [2.24, 2.45) is 69.5 Å². The molecule has 12 aliphatic rings. The number of fused-ring (bicyclic) bond motifs is 18. The highest BCUT2D eigenvalue weighted by Crippen LogP contribution is 2.53. The standard InChI is InChI=1S/3C20H31NO3.3C19H29NO3/c3*1-20(2,3)11-14-12-21-7-6-13-8-18(23-4)19(24-5)9-15(13)16(21)10-17(14)22;3*1-12(2)7-14-11-20-6-5-13-8-18(22-3)19(23-4)9-15(13)16(20)10-17(14)21/h3*8-9,14,16-17,22H,6-7,10-12H2,1-5H3;3*8-9,12,14,16-17,21H,5-7,10-11H2,1-4H3/i1D3,2D3,4D3,5D3,11D2,16D;1D3,2D3,5D3,11D2,16D;1D3,2D3,4D3,11D2,16D;4D3,10D2,14D,16D,17D;10D2,14D,16D,17D;3D3,4D3,16D. The number of aliphatic hydroxyl groups excluding tert-OH is 4. The molecule has 0 amide bonds. The number of benzene rings is 6. The second kappa shape index (κ2) is 48.4. The summed E-state index contributed by atoms with van der Waals surface area (Å²) in [5.74, 6) is -7.83. The molecule has 786 valence electrons. The van der Waals surface area contributed by atoms with Crippen LogP contribution in [0.3, 0.4) is 0 Å². The van der Waals surface area contributed by atoms with E-state index >= 15 is 0 Å². The molecule has 12 heterocycles. The second-order valence-corrected chi connectivity index (χ2v) is 39.5. The van der Waals surface area contributed by atoms with Gasteiger partial charge in [0.15, 0.2) is 69.0 Å². The number of hydrogen-bond acceptors (Lipinski definition) is 24. The minimum atomic E-state index is -3.26. The van der Waals surface area contributed by atoms with Gasteiger partial charge in [-0.05, 0) is 324 Å². The van der Waals surface area contributed by atoms with Crippen LogP contribution in [0, 0.1) is 69.5 Å². The van der Waals surface area contributed by atoms with Crippen molar-refractivity contribution in [3.63, 3.8) is 0 Å². The Morgan fingerprint density at radius 1 is 0.298 bits per heavy atom. The average molecular weight is 2020 g/mol. The first-order chi connectivity index (χ1) is 90.0. The maximum Gasteiger partial charge on any atom is 0.161 e. The van der Waals surface area contributed by atoms with Crippen molar-refractivity contribution >= 4 is 0 Å². The quantitative estimate of drug-likeness (QED) is 0.0392. The topological polar surface area (TPSA) is 252 Å². The van der Waals surface area contributed by atoms with Crippen molar-refractivity contribution in [3.8, 4) is 69.0 Å². The van der Waals surface area contributed by atoms with E-state index in [0.717, 1.165) is 38.8 Å². The number of aliphatic hydroxyl groups is 6. The Balaban J connectivity index is 0.000000193. The fraction of sp³-hybridized carbons (Fsp3) is 0.692. The van der Waals surface area contributed by atoms with Crippen molar-refractivity contribution in [1.82, 2.24) is 29.4 Å². The third kappa shape index (κ3) is 26.9. The van der Waals surface area contributed by atoms with E-state index in [2.05, 4.69) is 13.8 Å². The molecule has 6 saturated heterocycles. The maximum absolute atomic E-state index is 11.1. The van der Waals surface area contributed by atoms with Crippen LogP contribution < -0.4 is 56.8 Å². The van der Waals surface area contributed by atoms with Gasteiger partial charge in [0.25, 0.3) is 0 Å². The monoisotopic (exact) mass is 2020 g/mol. The lowest BCUT2D eigenvalue weighted by Crippen LogP contribution is -2.48. The molecule has 12 aliphatic heterocycles. The zero-order valence-corrected chi connectivity index (χ0v) is 82.7. The first-order valence-electron chi connectivity index (χ1n) is 77.2. The van der Waals surface area contributed by atoms with Crippen LogP contribution in [0.25, 0.3) is 0 Å². The van der Waals surface area contributed by atoms with Gasteiger partial charge in [-0.2, -0.15) is 0 Å². The van der Waals surface area contributed by atoms with Crippen LogP contribution in [0.4, 0.5) is 0 Å².